The molecule has 61 heavy (non-hydrogen) atoms. The summed E-state index contributed by atoms with van der Waals surface area (Å²) in [5.74, 6) is 1.40. The molecule has 5 heterocycles. The Bertz CT molecular complexity index is 2450. The molecule has 4 fully saturated rings. The second-order valence-corrected chi connectivity index (χ2v) is 23.7. The van der Waals surface area contributed by atoms with Crippen molar-refractivity contribution in [1.29, 1.82) is 0 Å². The summed E-state index contributed by atoms with van der Waals surface area (Å²) < 4.78 is 9.69. The van der Waals surface area contributed by atoms with Crippen LogP contribution in [0.15, 0.2) is 60.8 Å². The number of methoxy groups -OCH3 is 2. The Morgan fingerprint density at radius 3 is 2.03 bits per heavy atom. The molecule has 5 aromatic rings. The first kappa shape index (κ1) is 42.0. The summed E-state index contributed by atoms with van der Waals surface area (Å²) in [6.07, 6.45) is 5.26. The Labute approximate surface area is 357 Å². The Kier molecular flexibility index (Phi) is 11.5. The van der Waals surface area contributed by atoms with Gasteiger partial charge in [0.05, 0.1) is 57.3 Å². The number of benzene rings is 3. The summed E-state index contributed by atoms with van der Waals surface area (Å²) in [5.41, 5.74) is 5.80. The van der Waals surface area contributed by atoms with Gasteiger partial charge in [-0.25, -0.2) is 19.6 Å². The zero-order valence-corrected chi connectivity index (χ0v) is 37.4. The second kappa shape index (κ2) is 16.6. The lowest BCUT2D eigenvalue weighted by molar-refractivity contribution is -0.149. The average molecular weight is 847 g/mol. The quantitative estimate of drug-likeness (QED) is 0.102. The number of alkyl carbamates (subject to hydrolysis) is 2. The molecule has 2 aromatic heterocycles. The lowest BCUT2D eigenvalue weighted by Crippen LogP contribution is -2.59. The number of carbonyl (C=O) groups is 4. The number of aromatic amines is 2. The molecule has 322 valence electrons. The van der Waals surface area contributed by atoms with Crippen molar-refractivity contribution in [3.05, 3.63) is 72.4 Å². The van der Waals surface area contributed by atoms with E-state index in [1.165, 1.54) is 14.2 Å². The van der Waals surface area contributed by atoms with Crippen LogP contribution in [0.2, 0.25) is 19.1 Å². The number of carbonyl (C=O) groups excluding carboxylic acids is 4. The summed E-state index contributed by atoms with van der Waals surface area (Å²) in [6.45, 7) is 12.3. The third-order valence-corrected chi connectivity index (χ3v) is 15.8. The van der Waals surface area contributed by atoms with Crippen molar-refractivity contribution in [2.75, 3.05) is 20.4 Å². The summed E-state index contributed by atoms with van der Waals surface area (Å²) in [5, 5.41) is 7.64. The van der Waals surface area contributed by atoms with Crippen LogP contribution in [0.4, 0.5) is 9.59 Å². The van der Waals surface area contributed by atoms with E-state index in [-0.39, 0.29) is 47.7 Å². The van der Waals surface area contributed by atoms with E-state index in [4.69, 9.17) is 19.4 Å². The highest BCUT2D eigenvalue weighted by Gasteiger charge is 2.49. The van der Waals surface area contributed by atoms with Crippen LogP contribution in [0.1, 0.15) is 77.1 Å². The van der Waals surface area contributed by atoms with Crippen LogP contribution in [0.25, 0.3) is 44.2 Å². The zero-order valence-electron chi connectivity index (χ0n) is 36.4. The fourth-order valence-corrected chi connectivity index (χ4v) is 12.8. The van der Waals surface area contributed by atoms with Gasteiger partial charge in [0, 0.05) is 17.6 Å². The lowest BCUT2D eigenvalue weighted by Gasteiger charge is -2.51. The van der Waals surface area contributed by atoms with Crippen molar-refractivity contribution in [2.45, 2.75) is 103 Å². The highest BCUT2D eigenvalue weighted by Crippen LogP contribution is 2.48. The standard InChI is InChI=1S/C46H58N8O6Si/c1-25(2)37(51-45(57)59-5)43(55)53-24-61(7,8)23-36(53)41-47-22-35(49-41)28-11-9-27(10-12-28)30-15-19-33-31(21-30)16-20-34-39(33)50-42(48-34)40-29-13-17-32(18-14-29)54(40)44(56)38(26(3)4)52-46(58)60-6/h9-12,15-16,19-22,25-26,29,32,36-38,40H,13-14,17-18,23-24H2,1-8H3,(H,47,49)(H,48,50)(H,51,57)(H,52,58)/t29?,32?,36?,37?,38?,40-/m0/s1. The van der Waals surface area contributed by atoms with Gasteiger partial charge < -0.3 is 39.9 Å². The van der Waals surface area contributed by atoms with Crippen LogP contribution in [-0.4, -0.2) is 100 Å². The lowest BCUT2D eigenvalue weighted by atomic mass is 9.73. The molecule has 1 aliphatic carbocycles. The SMILES string of the molecule is COC(=O)NC(C(=O)N1C[Si](C)(C)CC1c1ncc(-c2ccc(-c3ccc4c(ccc5[nH]c([C@@H]6C7CCC(CC7)N6C(=O)C(NC(=O)OC)C(C)C)nc54)c3)cc2)[nH]1)C(C)C. The van der Waals surface area contributed by atoms with Crippen molar-refractivity contribution >= 4 is 53.9 Å². The summed E-state index contributed by atoms with van der Waals surface area (Å²) in [4.78, 5) is 73.6. The maximum absolute atomic E-state index is 14.2. The number of H-pyrrole nitrogens is 2. The first-order chi connectivity index (χ1) is 29.2. The van der Waals surface area contributed by atoms with Gasteiger partial charge in [0.2, 0.25) is 11.8 Å². The molecule has 0 radical (unpaired) electrons. The molecular formula is C46H58N8O6Si. The van der Waals surface area contributed by atoms with Crippen molar-refractivity contribution < 1.29 is 28.7 Å². The molecule has 2 bridgehead atoms. The fraction of sp³-hybridized carbons (Fsp3) is 0.478. The third kappa shape index (κ3) is 8.11. The Morgan fingerprint density at radius 2 is 1.39 bits per heavy atom. The van der Waals surface area contributed by atoms with Crippen LogP contribution in [0.3, 0.4) is 0 Å². The first-order valence-electron chi connectivity index (χ1n) is 21.6. The summed E-state index contributed by atoms with van der Waals surface area (Å²) in [7, 11) is 0.863. The van der Waals surface area contributed by atoms with Gasteiger partial charge in [-0.3, -0.25) is 9.59 Å². The average Bonchev–Trinajstić information content (AvgIpc) is 4.01. The number of hydrogen-bond acceptors (Lipinski definition) is 8. The van der Waals surface area contributed by atoms with Gasteiger partial charge >= 0.3 is 12.2 Å². The molecule has 4 N–H and O–H groups in total. The molecule has 1 saturated carbocycles. The Morgan fingerprint density at radius 1 is 0.770 bits per heavy atom. The Hall–Kier alpha value is -5.70. The number of rotatable bonds is 10. The molecule has 0 spiro atoms. The number of fused-ring (bicyclic) bond motifs is 6. The number of ether oxygens (including phenoxy) is 2. The van der Waals surface area contributed by atoms with E-state index in [2.05, 4.69) is 88.3 Å². The van der Waals surface area contributed by atoms with E-state index in [9.17, 15) is 19.2 Å². The maximum atomic E-state index is 14.2. The van der Waals surface area contributed by atoms with Crippen LogP contribution in [-0.2, 0) is 19.1 Å². The third-order valence-electron chi connectivity index (χ3n) is 13.1. The second-order valence-electron chi connectivity index (χ2n) is 18.6. The van der Waals surface area contributed by atoms with E-state index in [0.717, 1.165) is 87.6 Å². The molecule has 14 nitrogen and oxygen atoms in total. The number of nitrogens with zero attached hydrogens (tertiary/aromatic N) is 4. The summed E-state index contributed by atoms with van der Waals surface area (Å²) in [6, 6.07) is 18.2. The molecule has 4 atom stereocenters. The van der Waals surface area contributed by atoms with Crippen molar-refractivity contribution in [2.24, 2.45) is 17.8 Å². The minimum absolute atomic E-state index is 0.0853. The zero-order chi connectivity index (χ0) is 43.3. The predicted octanol–water partition coefficient (Wildman–Crippen LogP) is 8.11. The van der Waals surface area contributed by atoms with Crippen LogP contribution in [0.5, 0.6) is 0 Å². The molecule has 4 aliphatic rings. The van der Waals surface area contributed by atoms with E-state index in [1.807, 2.05) is 43.7 Å². The minimum Gasteiger partial charge on any atom is -0.453 e. The van der Waals surface area contributed by atoms with Gasteiger partial charge in [-0.15, -0.1) is 0 Å². The normalized spacial score (nSPS) is 21.9. The van der Waals surface area contributed by atoms with Gasteiger partial charge in [-0.05, 0) is 83.7 Å². The monoisotopic (exact) mass is 846 g/mol. The van der Waals surface area contributed by atoms with Gasteiger partial charge in [0.1, 0.15) is 23.7 Å². The topological polar surface area (TPSA) is 175 Å². The van der Waals surface area contributed by atoms with E-state index in [1.54, 1.807) is 0 Å². The maximum Gasteiger partial charge on any atom is 0.407 e. The smallest absolute Gasteiger partial charge is 0.407 e. The number of amides is 4. The number of imidazole rings is 2. The highest BCUT2D eigenvalue weighted by atomic mass is 28.3. The fourth-order valence-electron chi connectivity index (χ4n) is 9.94. The number of aromatic nitrogens is 4. The highest BCUT2D eigenvalue weighted by molar-refractivity contribution is 6.78. The van der Waals surface area contributed by atoms with Crippen LogP contribution in [0, 0.1) is 17.8 Å². The van der Waals surface area contributed by atoms with Gasteiger partial charge in [-0.2, -0.15) is 0 Å². The van der Waals surface area contributed by atoms with Crippen molar-refractivity contribution in [3.63, 3.8) is 0 Å². The number of piperidine rings is 2. The van der Waals surface area contributed by atoms with Crippen molar-refractivity contribution in [1.82, 2.24) is 40.4 Å². The van der Waals surface area contributed by atoms with Crippen LogP contribution >= 0.6 is 0 Å². The molecular weight excluding hydrogens is 789 g/mol. The number of hydrogen-bond donors (Lipinski definition) is 4. The molecule has 9 rings (SSSR count). The van der Waals surface area contributed by atoms with E-state index < -0.39 is 32.3 Å². The van der Waals surface area contributed by atoms with Gasteiger partial charge in [0.15, 0.2) is 0 Å². The predicted molar refractivity (Wildman–Crippen MR) is 237 cm³/mol. The van der Waals surface area contributed by atoms with E-state index >= 15 is 0 Å². The number of nitrogens with one attached hydrogen (secondary N) is 4. The molecule has 3 aliphatic heterocycles. The van der Waals surface area contributed by atoms with Gasteiger partial charge in [-0.1, -0.05) is 83.3 Å². The molecule has 3 unspecified atom stereocenters. The largest absolute Gasteiger partial charge is 0.453 e. The summed E-state index contributed by atoms with van der Waals surface area (Å²) >= 11 is 0. The molecule has 3 aromatic carbocycles. The van der Waals surface area contributed by atoms with Gasteiger partial charge in [0.25, 0.3) is 0 Å². The molecule has 3 saturated heterocycles. The molecule has 15 heteroatoms. The van der Waals surface area contributed by atoms with E-state index in [0.29, 0.717) is 6.17 Å². The molecule has 4 amide bonds. The van der Waals surface area contributed by atoms with Crippen molar-refractivity contribution in [3.8, 4) is 22.4 Å². The first-order valence-corrected chi connectivity index (χ1v) is 25.0. The van der Waals surface area contributed by atoms with Crippen LogP contribution < -0.4 is 10.6 Å². The Balaban J connectivity index is 1.02. The minimum atomic E-state index is -1.75.